The van der Waals surface area contributed by atoms with E-state index in [1.807, 2.05) is 13.0 Å². The van der Waals surface area contributed by atoms with Crippen LogP contribution in [0.3, 0.4) is 0 Å². The molecule has 1 aromatic heterocycles. The molecular weight excluding hydrogens is 254 g/mol. The first-order chi connectivity index (χ1) is 9.63. The van der Waals surface area contributed by atoms with Gasteiger partial charge < -0.3 is 14.1 Å². The minimum Gasteiger partial charge on any atom is -0.423 e. The molecule has 1 N–H and O–H groups in total. The standard InChI is InChI=1S/C16H19NO3/c1-11-7-14-13(10-17-3-5-19-6-4-17)9-16(18)20-15(14)8-12(11)2/h7-9H,3-6,10H2,1-2H3/p+1. The van der Waals surface area contributed by atoms with Gasteiger partial charge in [-0.15, -0.1) is 0 Å². The number of nitrogens with one attached hydrogen (secondary N) is 1. The van der Waals surface area contributed by atoms with Crippen LogP contribution in [-0.4, -0.2) is 26.3 Å². The van der Waals surface area contributed by atoms with E-state index in [1.54, 1.807) is 6.07 Å². The zero-order valence-electron chi connectivity index (χ0n) is 12.0. The Kier molecular flexibility index (Phi) is 3.59. The topological polar surface area (TPSA) is 43.9 Å². The molecule has 2 heterocycles. The van der Waals surface area contributed by atoms with Crippen molar-refractivity contribution in [1.82, 2.24) is 0 Å². The van der Waals surface area contributed by atoms with Gasteiger partial charge in [0.15, 0.2) is 0 Å². The molecular formula is C16H20NO3+. The van der Waals surface area contributed by atoms with Crippen LogP contribution in [0.25, 0.3) is 11.0 Å². The first kappa shape index (κ1) is 13.3. The van der Waals surface area contributed by atoms with Crippen molar-refractivity contribution < 1.29 is 14.1 Å². The third kappa shape index (κ3) is 2.62. The van der Waals surface area contributed by atoms with Crippen LogP contribution in [0.1, 0.15) is 16.7 Å². The van der Waals surface area contributed by atoms with Crippen LogP contribution in [0.5, 0.6) is 0 Å². The van der Waals surface area contributed by atoms with E-state index in [1.165, 1.54) is 10.5 Å². The molecule has 1 aliphatic rings. The molecule has 106 valence electrons. The third-order valence-corrected chi connectivity index (χ3v) is 4.08. The Morgan fingerprint density at radius 2 is 1.80 bits per heavy atom. The SMILES string of the molecule is Cc1cc2oc(=O)cc(C[NH+]3CCOCC3)c2cc1C. The molecule has 1 saturated heterocycles. The molecule has 3 rings (SSSR count). The predicted octanol–water partition coefficient (Wildman–Crippen LogP) is 0.825. The largest absolute Gasteiger partial charge is 0.423 e. The van der Waals surface area contributed by atoms with Crippen molar-refractivity contribution in [3.63, 3.8) is 0 Å². The second-order valence-electron chi connectivity index (χ2n) is 5.56. The molecule has 0 saturated carbocycles. The number of hydrogen-bond donors (Lipinski definition) is 1. The van der Waals surface area contributed by atoms with Crippen molar-refractivity contribution in [3.8, 4) is 0 Å². The van der Waals surface area contributed by atoms with Crippen LogP contribution in [0.4, 0.5) is 0 Å². The fourth-order valence-corrected chi connectivity index (χ4v) is 2.74. The summed E-state index contributed by atoms with van der Waals surface area (Å²) >= 11 is 0. The second kappa shape index (κ2) is 5.38. The lowest BCUT2D eigenvalue weighted by molar-refractivity contribution is -0.921. The summed E-state index contributed by atoms with van der Waals surface area (Å²) in [5, 5.41) is 1.06. The highest BCUT2D eigenvalue weighted by atomic mass is 16.5. The molecule has 4 nitrogen and oxygen atoms in total. The van der Waals surface area contributed by atoms with Crippen molar-refractivity contribution in [2.75, 3.05) is 26.3 Å². The van der Waals surface area contributed by atoms with Crippen LogP contribution < -0.4 is 10.5 Å². The molecule has 0 spiro atoms. The molecule has 0 radical (unpaired) electrons. The van der Waals surface area contributed by atoms with Gasteiger partial charge in [-0.05, 0) is 37.1 Å². The van der Waals surface area contributed by atoms with E-state index in [-0.39, 0.29) is 5.63 Å². The van der Waals surface area contributed by atoms with E-state index < -0.39 is 0 Å². The van der Waals surface area contributed by atoms with Crippen LogP contribution in [0.2, 0.25) is 0 Å². The Morgan fingerprint density at radius 1 is 1.10 bits per heavy atom. The van der Waals surface area contributed by atoms with Gasteiger partial charge in [-0.3, -0.25) is 0 Å². The normalized spacial score (nSPS) is 16.7. The highest BCUT2D eigenvalue weighted by molar-refractivity contribution is 5.81. The Hall–Kier alpha value is -1.65. The van der Waals surface area contributed by atoms with E-state index in [0.29, 0.717) is 5.58 Å². The highest BCUT2D eigenvalue weighted by Crippen LogP contribution is 2.21. The number of quaternary nitrogens is 1. The predicted molar refractivity (Wildman–Crippen MR) is 77.2 cm³/mol. The molecule has 0 aliphatic carbocycles. The zero-order chi connectivity index (χ0) is 14.1. The van der Waals surface area contributed by atoms with Gasteiger partial charge >= 0.3 is 5.63 Å². The van der Waals surface area contributed by atoms with Crippen LogP contribution in [-0.2, 0) is 11.3 Å². The molecule has 1 aliphatic heterocycles. The minimum absolute atomic E-state index is 0.261. The molecule has 0 amide bonds. The lowest BCUT2D eigenvalue weighted by Crippen LogP contribution is -3.12. The van der Waals surface area contributed by atoms with Gasteiger partial charge in [0, 0.05) is 17.0 Å². The third-order valence-electron chi connectivity index (χ3n) is 4.08. The highest BCUT2D eigenvalue weighted by Gasteiger charge is 2.17. The lowest BCUT2D eigenvalue weighted by Gasteiger charge is -2.24. The van der Waals surface area contributed by atoms with Crippen molar-refractivity contribution in [3.05, 3.63) is 45.3 Å². The second-order valence-corrected chi connectivity index (χ2v) is 5.56. The van der Waals surface area contributed by atoms with E-state index >= 15 is 0 Å². The summed E-state index contributed by atoms with van der Waals surface area (Å²) < 4.78 is 10.7. The number of fused-ring (bicyclic) bond motifs is 1. The Morgan fingerprint density at radius 3 is 2.55 bits per heavy atom. The maximum absolute atomic E-state index is 11.7. The quantitative estimate of drug-likeness (QED) is 0.825. The summed E-state index contributed by atoms with van der Waals surface area (Å²) in [4.78, 5) is 13.2. The van der Waals surface area contributed by atoms with E-state index in [4.69, 9.17) is 9.15 Å². The fourth-order valence-electron chi connectivity index (χ4n) is 2.74. The maximum Gasteiger partial charge on any atom is 0.336 e. The number of hydrogen-bond acceptors (Lipinski definition) is 3. The molecule has 0 atom stereocenters. The average Bonchev–Trinajstić information content (AvgIpc) is 2.42. The zero-order valence-corrected chi connectivity index (χ0v) is 12.0. The van der Waals surface area contributed by atoms with Gasteiger partial charge in [0.2, 0.25) is 0 Å². The smallest absolute Gasteiger partial charge is 0.336 e. The van der Waals surface area contributed by atoms with Gasteiger partial charge in [0.05, 0.1) is 13.2 Å². The monoisotopic (exact) mass is 274 g/mol. The summed E-state index contributed by atoms with van der Waals surface area (Å²) in [5.74, 6) is 0. The molecule has 1 aromatic carbocycles. The van der Waals surface area contributed by atoms with Crippen molar-refractivity contribution in [2.45, 2.75) is 20.4 Å². The Bertz CT molecular complexity index is 684. The number of aryl methyl sites for hydroxylation is 2. The maximum atomic E-state index is 11.7. The summed E-state index contributed by atoms with van der Waals surface area (Å²) in [6, 6.07) is 5.73. The summed E-state index contributed by atoms with van der Waals surface area (Å²) in [7, 11) is 0. The summed E-state index contributed by atoms with van der Waals surface area (Å²) in [5.41, 5.74) is 3.89. The molecule has 0 unspecified atom stereocenters. The Balaban J connectivity index is 2.04. The van der Waals surface area contributed by atoms with E-state index in [9.17, 15) is 4.79 Å². The lowest BCUT2D eigenvalue weighted by atomic mass is 10.0. The number of rotatable bonds is 2. The van der Waals surface area contributed by atoms with Crippen LogP contribution in [0, 0.1) is 13.8 Å². The Labute approximate surface area is 118 Å². The molecule has 2 aromatic rings. The van der Waals surface area contributed by atoms with Crippen molar-refractivity contribution in [1.29, 1.82) is 0 Å². The first-order valence-electron chi connectivity index (χ1n) is 7.09. The first-order valence-corrected chi connectivity index (χ1v) is 7.09. The van der Waals surface area contributed by atoms with Gasteiger partial charge in [0.25, 0.3) is 0 Å². The van der Waals surface area contributed by atoms with Crippen molar-refractivity contribution >= 4 is 11.0 Å². The number of benzene rings is 1. The van der Waals surface area contributed by atoms with Gasteiger partial charge in [-0.1, -0.05) is 0 Å². The van der Waals surface area contributed by atoms with Gasteiger partial charge in [-0.25, -0.2) is 4.79 Å². The van der Waals surface area contributed by atoms with Gasteiger partial charge in [0.1, 0.15) is 25.2 Å². The van der Waals surface area contributed by atoms with E-state index in [0.717, 1.165) is 49.4 Å². The molecule has 20 heavy (non-hydrogen) atoms. The van der Waals surface area contributed by atoms with E-state index in [2.05, 4.69) is 13.0 Å². The average molecular weight is 274 g/mol. The summed E-state index contributed by atoms with van der Waals surface area (Å²) in [6.07, 6.45) is 0. The van der Waals surface area contributed by atoms with Gasteiger partial charge in [-0.2, -0.15) is 0 Å². The van der Waals surface area contributed by atoms with Crippen LogP contribution in [0.15, 0.2) is 27.4 Å². The van der Waals surface area contributed by atoms with Crippen LogP contribution >= 0.6 is 0 Å². The fraction of sp³-hybridized carbons (Fsp3) is 0.438. The number of morpholine rings is 1. The minimum atomic E-state index is -0.261. The number of ether oxygens (including phenoxy) is 1. The summed E-state index contributed by atoms with van der Waals surface area (Å²) in [6.45, 7) is 8.56. The van der Waals surface area contributed by atoms with Crippen molar-refractivity contribution in [2.24, 2.45) is 0 Å². The molecule has 4 heteroatoms. The molecule has 0 bridgehead atoms. The molecule has 1 fully saturated rings.